The zero-order chi connectivity index (χ0) is 13.0. The Hall–Kier alpha value is -0.740. The summed E-state index contributed by atoms with van der Waals surface area (Å²) >= 11 is 3.14. The maximum atomic E-state index is 13.1. The number of rotatable bonds is 3. The molecule has 4 heteroatoms. The van der Waals surface area contributed by atoms with Crippen molar-refractivity contribution in [1.29, 1.82) is 0 Å². The number of hydrogen-bond donors (Lipinski definition) is 1. The summed E-state index contributed by atoms with van der Waals surface area (Å²) in [6.07, 6.45) is 4.74. The van der Waals surface area contributed by atoms with E-state index in [1.165, 1.54) is 12.5 Å². The molecular formula is C14H17BrFNO. The third-order valence-electron chi connectivity index (χ3n) is 3.31. The van der Waals surface area contributed by atoms with Crippen LogP contribution in [0.3, 0.4) is 0 Å². The Morgan fingerprint density at radius 3 is 3.00 bits per heavy atom. The first-order valence-electron chi connectivity index (χ1n) is 6.37. The van der Waals surface area contributed by atoms with Crippen molar-refractivity contribution in [1.82, 2.24) is 5.32 Å². The predicted octanol–water partition coefficient (Wildman–Crippen LogP) is 3.23. The van der Waals surface area contributed by atoms with Crippen molar-refractivity contribution in [3.8, 4) is 0 Å². The maximum Gasteiger partial charge on any atom is 0.154 e. The highest BCUT2D eigenvalue weighted by Gasteiger charge is 2.19. The first-order valence-corrected chi connectivity index (χ1v) is 7.16. The zero-order valence-corrected chi connectivity index (χ0v) is 11.8. The molecule has 1 fully saturated rings. The lowest BCUT2D eigenvalue weighted by atomic mass is 10.0. The van der Waals surface area contributed by atoms with Crippen LogP contribution >= 0.6 is 15.9 Å². The largest absolute Gasteiger partial charge is 0.307 e. The van der Waals surface area contributed by atoms with Crippen LogP contribution in [0.25, 0.3) is 0 Å². The molecule has 0 amide bonds. The summed E-state index contributed by atoms with van der Waals surface area (Å²) in [5.74, 6) is -0.0887. The Kier molecular flexibility index (Phi) is 4.89. The van der Waals surface area contributed by atoms with E-state index < -0.39 is 0 Å². The quantitative estimate of drug-likeness (QED) is 0.928. The van der Waals surface area contributed by atoms with Crippen LogP contribution in [-0.4, -0.2) is 18.4 Å². The van der Waals surface area contributed by atoms with E-state index in [9.17, 15) is 9.18 Å². The Labute approximate surface area is 115 Å². The summed E-state index contributed by atoms with van der Waals surface area (Å²) in [7, 11) is 0. The van der Waals surface area contributed by atoms with E-state index >= 15 is 0 Å². The van der Waals surface area contributed by atoms with Gasteiger partial charge in [-0.2, -0.15) is 0 Å². The molecule has 1 saturated heterocycles. The fraction of sp³-hybridized carbons (Fsp3) is 0.500. The van der Waals surface area contributed by atoms with Crippen LogP contribution in [0.1, 0.15) is 31.2 Å². The monoisotopic (exact) mass is 313 g/mol. The summed E-state index contributed by atoms with van der Waals surface area (Å²) in [6.45, 7) is 0.920. The summed E-state index contributed by atoms with van der Waals surface area (Å²) in [4.78, 5) is 12.1. The van der Waals surface area contributed by atoms with Gasteiger partial charge in [0.25, 0.3) is 0 Å². The molecule has 0 saturated carbocycles. The van der Waals surface area contributed by atoms with Crippen LogP contribution in [-0.2, 0) is 11.2 Å². The Morgan fingerprint density at radius 2 is 2.22 bits per heavy atom. The third-order valence-corrected chi connectivity index (χ3v) is 3.92. The minimum atomic E-state index is -0.293. The Morgan fingerprint density at radius 1 is 1.39 bits per heavy atom. The molecule has 2 rings (SSSR count). The normalized spacial score (nSPS) is 20.4. The van der Waals surface area contributed by atoms with Gasteiger partial charge in [0.2, 0.25) is 0 Å². The number of hydrogen-bond acceptors (Lipinski definition) is 2. The lowest BCUT2D eigenvalue weighted by Crippen LogP contribution is -2.36. The van der Waals surface area contributed by atoms with Gasteiger partial charge in [-0.15, -0.1) is 0 Å². The molecule has 1 heterocycles. The van der Waals surface area contributed by atoms with Crippen LogP contribution in [0, 0.1) is 5.82 Å². The number of benzene rings is 1. The summed E-state index contributed by atoms with van der Waals surface area (Å²) in [6, 6.07) is 4.72. The second kappa shape index (κ2) is 6.43. The van der Waals surface area contributed by atoms with Crippen molar-refractivity contribution in [2.75, 3.05) is 6.54 Å². The first kappa shape index (κ1) is 13.7. The van der Waals surface area contributed by atoms with Crippen molar-refractivity contribution < 1.29 is 9.18 Å². The van der Waals surface area contributed by atoms with Crippen molar-refractivity contribution in [3.63, 3.8) is 0 Å². The average Bonchev–Trinajstić information content (AvgIpc) is 2.62. The lowest BCUT2D eigenvalue weighted by molar-refractivity contribution is -0.120. The van der Waals surface area contributed by atoms with Crippen molar-refractivity contribution in [3.05, 3.63) is 34.1 Å². The molecule has 1 unspecified atom stereocenters. The summed E-state index contributed by atoms with van der Waals surface area (Å²) in [5, 5.41) is 3.29. The minimum Gasteiger partial charge on any atom is -0.307 e. The van der Waals surface area contributed by atoms with E-state index in [0.29, 0.717) is 10.9 Å². The number of ketones is 1. The van der Waals surface area contributed by atoms with E-state index in [0.717, 1.165) is 31.4 Å². The van der Waals surface area contributed by atoms with Gasteiger partial charge < -0.3 is 5.32 Å². The lowest BCUT2D eigenvalue weighted by Gasteiger charge is -2.14. The topological polar surface area (TPSA) is 29.1 Å². The maximum absolute atomic E-state index is 13.1. The molecule has 1 atom stereocenters. The van der Waals surface area contributed by atoms with Crippen molar-refractivity contribution in [2.45, 2.75) is 38.1 Å². The molecule has 98 valence electrons. The number of nitrogens with one attached hydrogen (secondary N) is 1. The molecule has 0 aromatic heterocycles. The molecule has 1 aromatic rings. The molecule has 2 nitrogen and oxygen atoms in total. The fourth-order valence-electron chi connectivity index (χ4n) is 2.28. The average molecular weight is 314 g/mol. The highest BCUT2D eigenvalue weighted by molar-refractivity contribution is 9.10. The van der Waals surface area contributed by atoms with Crippen molar-refractivity contribution >= 4 is 21.7 Å². The van der Waals surface area contributed by atoms with Gasteiger partial charge in [-0.05, 0) is 53.0 Å². The molecule has 1 aliphatic heterocycles. The Bertz CT molecular complexity index is 428. The van der Waals surface area contributed by atoms with Gasteiger partial charge >= 0.3 is 0 Å². The molecule has 0 bridgehead atoms. The summed E-state index contributed by atoms with van der Waals surface area (Å²) < 4.78 is 13.5. The second-order valence-electron chi connectivity index (χ2n) is 4.75. The molecule has 0 radical (unpaired) electrons. The number of carbonyl (C=O) groups excluding carboxylic acids is 1. The standard InChI is InChI=1S/C14H17BrFNO/c15-11-8-10(5-6-12(11)16)9-14(18)13-4-2-1-3-7-17-13/h5-6,8,13,17H,1-4,7,9H2. The van der Waals surface area contributed by atoms with E-state index in [1.54, 1.807) is 12.1 Å². The van der Waals surface area contributed by atoms with Gasteiger partial charge in [0.05, 0.1) is 10.5 Å². The molecule has 1 N–H and O–H groups in total. The van der Waals surface area contributed by atoms with Gasteiger partial charge in [-0.3, -0.25) is 4.79 Å². The number of Topliss-reactive ketones (excluding diaryl/α,β-unsaturated/α-hetero) is 1. The van der Waals surface area contributed by atoms with E-state index in [4.69, 9.17) is 0 Å². The predicted molar refractivity (Wildman–Crippen MR) is 73.1 cm³/mol. The van der Waals surface area contributed by atoms with Gasteiger partial charge in [-0.1, -0.05) is 18.9 Å². The minimum absolute atomic E-state index is 0.0312. The second-order valence-corrected chi connectivity index (χ2v) is 5.60. The van der Waals surface area contributed by atoms with Crippen LogP contribution in [0.5, 0.6) is 0 Å². The van der Waals surface area contributed by atoms with Crippen LogP contribution in [0.15, 0.2) is 22.7 Å². The molecule has 1 aromatic carbocycles. The van der Waals surface area contributed by atoms with Crippen LogP contribution in [0.4, 0.5) is 4.39 Å². The van der Waals surface area contributed by atoms with Gasteiger partial charge in [0, 0.05) is 6.42 Å². The summed E-state index contributed by atoms with van der Waals surface area (Å²) in [5.41, 5.74) is 0.860. The highest BCUT2D eigenvalue weighted by Crippen LogP contribution is 2.18. The number of halogens is 2. The van der Waals surface area contributed by atoms with Gasteiger partial charge in [0.15, 0.2) is 5.78 Å². The molecule has 0 spiro atoms. The first-order chi connectivity index (χ1) is 8.66. The molecular weight excluding hydrogens is 297 g/mol. The van der Waals surface area contributed by atoms with Crippen molar-refractivity contribution in [2.24, 2.45) is 0 Å². The van der Waals surface area contributed by atoms with Crippen LogP contribution < -0.4 is 5.32 Å². The van der Waals surface area contributed by atoms with Gasteiger partial charge in [0.1, 0.15) is 5.82 Å². The highest BCUT2D eigenvalue weighted by atomic mass is 79.9. The zero-order valence-electron chi connectivity index (χ0n) is 10.2. The third kappa shape index (κ3) is 3.62. The van der Waals surface area contributed by atoms with Gasteiger partial charge in [-0.25, -0.2) is 4.39 Å². The smallest absolute Gasteiger partial charge is 0.154 e. The van der Waals surface area contributed by atoms with E-state index in [1.807, 2.05) is 0 Å². The fourth-order valence-corrected chi connectivity index (χ4v) is 2.70. The van der Waals surface area contributed by atoms with E-state index in [-0.39, 0.29) is 17.6 Å². The van der Waals surface area contributed by atoms with E-state index in [2.05, 4.69) is 21.2 Å². The molecule has 1 aliphatic rings. The molecule has 18 heavy (non-hydrogen) atoms. The SMILES string of the molecule is O=C(Cc1ccc(F)c(Br)c1)C1CCCCCN1. The Balaban J connectivity index is 1.99. The number of carbonyl (C=O) groups is 1. The molecule has 0 aliphatic carbocycles. The van der Waals surface area contributed by atoms with Crippen LogP contribution in [0.2, 0.25) is 0 Å².